The standard InChI is InChI=1S/C30H38N6O2/c1-4-28(29-32-33-34-36(29)25-11-6-7-12-25)35(16-15-22-10-8-9-21(3)17-22)20-24-18-23-19-26(38-5-2)13-14-27(23)31-30(24)37/h8-10,13-14,17-19,25,28H,4-7,11-12,15-16,20H2,1-3H3,(H,31,37). The number of hydrogen-bond donors (Lipinski definition) is 1. The number of pyridine rings is 1. The second-order valence-electron chi connectivity index (χ2n) is 10.4. The van der Waals surface area contributed by atoms with E-state index in [0.29, 0.717) is 19.2 Å². The van der Waals surface area contributed by atoms with Crippen LogP contribution in [0.25, 0.3) is 10.9 Å². The van der Waals surface area contributed by atoms with E-state index in [0.717, 1.165) is 60.3 Å². The van der Waals surface area contributed by atoms with Crippen LogP contribution in [0, 0.1) is 6.92 Å². The molecule has 0 saturated heterocycles. The number of rotatable bonds is 11. The van der Waals surface area contributed by atoms with E-state index in [-0.39, 0.29) is 11.6 Å². The van der Waals surface area contributed by atoms with Crippen LogP contribution in [-0.2, 0) is 13.0 Å². The van der Waals surface area contributed by atoms with E-state index < -0.39 is 0 Å². The van der Waals surface area contributed by atoms with Gasteiger partial charge in [-0.3, -0.25) is 9.69 Å². The molecule has 38 heavy (non-hydrogen) atoms. The quantitative estimate of drug-likeness (QED) is 0.283. The molecule has 0 aliphatic heterocycles. The Kier molecular flexibility index (Phi) is 8.17. The monoisotopic (exact) mass is 514 g/mol. The topological polar surface area (TPSA) is 88.9 Å². The Morgan fingerprint density at radius 3 is 2.74 bits per heavy atom. The van der Waals surface area contributed by atoms with E-state index in [1.807, 2.05) is 31.2 Å². The number of tetrazole rings is 1. The van der Waals surface area contributed by atoms with Crippen molar-refractivity contribution >= 4 is 10.9 Å². The Morgan fingerprint density at radius 2 is 1.97 bits per heavy atom. The molecule has 8 heteroatoms. The number of fused-ring (bicyclic) bond motifs is 1. The van der Waals surface area contributed by atoms with Gasteiger partial charge in [-0.1, -0.05) is 49.6 Å². The van der Waals surface area contributed by atoms with E-state index in [1.54, 1.807) is 0 Å². The minimum absolute atomic E-state index is 0.000246. The number of aryl methyl sites for hydroxylation is 1. The molecule has 0 radical (unpaired) electrons. The third-order valence-corrected chi connectivity index (χ3v) is 7.66. The first-order valence-electron chi connectivity index (χ1n) is 13.9. The van der Waals surface area contributed by atoms with Crippen LogP contribution >= 0.6 is 0 Å². The summed E-state index contributed by atoms with van der Waals surface area (Å²) < 4.78 is 7.76. The Hall–Kier alpha value is -3.52. The maximum atomic E-state index is 13.2. The number of ether oxygens (including phenoxy) is 1. The predicted octanol–water partition coefficient (Wildman–Crippen LogP) is 5.53. The first kappa shape index (κ1) is 26.1. The molecule has 2 heterocycles. The summed E-state index contributed by atoms with van der Waals surface area (Å²) in [5, 5.41) is 14.0. The van der Waals surface area contributed by atoms with Crippen molar-refractivity contribution in [3.8, 4) is 5.75 Å². The SMILES string of the molecule is CCOc1ccc2[nH]c(=O)c(CN(CCc3cccc(C)c3)C(CC)c3nnnn3C3CCCC3)cc2c1. The number of aromatic nitrogens is 5. The smallest absolute Gasteiger partial charge is 0.252 e. The summed E-state index contributed by atoms with van der Waals surface area (Å²) in [4.78, 5) is 18.7. The van der Waals surface area contributed by atoms with Crippen LogP contribution in [0.15, 0.2) is 53.3 Å². The molecular formula is C30H38N6O2. The van der Waals surface area contributed by atoms with Crippen LogP contribution in [0.4, 0.5) is 0 Å². The van der Waals surface area contributed by atoms with Crippen LogP contribution < -0.4 is 10.3 Å². The van der Waals surface area contributed by atoms with E-state index in [1.165, 1.54) is 24.0 Å². The fourth-order valence-electron chi connectivity index (χ4n) is 5.74. The average molecular weight is 515 g/mol. The molecule has 0 spiro atoms. The van der Waals surface area contributed by atoms with Gasteiger partial charge in [-0.15, -0.1) is 5.10 Å². The first-order chi connectivity index (χ1) is 18.6. The van der Waals surface area contributed by atoms with Crippen LogP contribution in [0.5, 0.6) is 5.75 Å². The highest BCUT2D eigenvalue weighted by molar-refractivity contribution is 5.80. The van der Waals surface area contributed by atoms with Gasteiger partial charge < -0.3 is 9.72 Å². The van der Waals surface area contributed by atoms with E-state index in [2.05, 4.69) is 68.2 Å². The Labute approximate surface area is 224 Å². The Morgan fingerprint density at radius 1 is 1.13 bits per heavy atom. The molecule has 1 N–H and O–H groups in total. The van der Waals surface area contributed by atoms with Crippen molar-refractivity contribution < 1.29 is 4.74 Å². The van der Waals surface area contributed by atoms with Gasteiger partial charge in [-0.25, -0.2) is 4.68 Å². The van der Waals surface area contributed by atoms with E-state index in [4.69, 9.17) is 4.74 Å². The first-order valence-corrected chi connectivity index (χ1v) is 13.9. The molecule has 1 aliphatic rings. The number of benzene rings is 2. The molecule has 1 aliphatic carbocycles. The van der Waals surface area contributed by atoms with Crippen molar-refractivity contribution in [2.24, 2.45) is 0 Å². The molecule has 1 saturated carbocycles. The van der Waals surface area contributed by atoms with Crippen molar-refractivity contribution in [2.75, 3.05) is 13.2 Å². The second kappa shape index (κ2) is 11.9. The second-order valence-corrected chi connectivity index (χ2v) is 10.4. The van der Waals surface area contributed by atoms with Crippen LogP contribution in [0.2, 0.25) is 0 Å². The van der Waals surface area contributed by atoms with Gasteiger partial charge in [-0.05, 0) is 79.8 Å². The molecule has 1 atom stereocenters. The van der Waals surface area contributed by atoms with Gasteiger partial charge in [0.25, 0.3) is 5.56 Å². The summed E-state index contributed by atoms with van der Waals surface area (Å²) in [6.45, 7) is 8.16. The number of aromatic amines is 1. The van der Waals surface area contributed by atoms with Gasteiger partial charge >= 0.3 is 0 Å². The Bertz CT molecular complexity index is 1420. The van der Waals surface area contributed by atoms with Crippen LogP contribution in [-0.4, -0.2) is 43.2 Å². The van der Waals surface area contributed by atoms with Crippen molar-refractivity contribution in [1.82, 2.24) is 30.1 Å². The molecular weight excluding hydrogens is 476 g/mol. The van der Waals surface area contributed by atoms with Crippen molar-refractivity contribution in [3.63, 3.8) is 0 Å². The molecule has 2 aromatic carbocycles. The summed E-state index contributed by atoms with van der Waals surface area (Å²) in [7, 11) is 0. The van der Waals surface area contributed by atoms with Gasteiger partial charge in [0.2, 0.25) is 0 Å². The lowest BCUT2D eigenvalue weighted by molar-refractivity contribution is 0.169. The van der Waals surface area contributed by atoms with Crippen molar-refractivity contribution in [1.29, 1.82) is 0 Å². The van der Waals surface area contributed by atoms with Crippen LogP contribution in [0.3, 0.4) is 0 Å². The minimum atomic E-state index is -0.0625. The van der Waals surface area contributed by atoms with Crippen molar-refractivity contribution in [2.45, 2.75) is 77.9 Å². The van der Waals surface area contributed by atoms with Gasteiger partial charge in [0, 0.05) is 29.6 Å². The molecule has 200 valence electrons. The lowest BCUT2D eigenvalue weighted by atomic mass is 10.1. The third-order valence-electron chi connectivity index (χ3n) is 7.66. The molecule has 8 nitrogen and oxygen atoms in total. The number of hydrogen-bond acceptors (Lipinski definition) is 6. The Balaban J connectivity index is 1.49. The lowest BCUT2D eigenvalue weighted by Gasteiger charge is -2.31. The van der Waals surface area contributed by atoms with Gasteiger partial charge in [0.05, 0.1) is 18.7 Å². The van der Waals surface area contributed by atoms with Gasteiger partial charge in [-0.2, -0.15) is 0 Å². The fraction of sp³-hybridized carbons (Fsp3) is 0.467. The number of nitrogens with one attached hydrogen (secondary N) is 1. The molecule has 0 bridgehead atoms. The summed E-state index contributed by atoms with van der Waals surface area (Å²) in [6, 6.07) is 16.8. The highest BCUT2D eigenvalue weighted by Gasteiger charge is 2.29. The zero-order valence-corrected chi connectivity index (χ0v) is 22.7. The third kappa shape index (κ3) is 5.80. The van der Waals surface area contributed by atoms with E-state index in [9.17, 15) is 4.79 Å². The minimum Gasteiger partial charge on any atom is -0.494 e. The zero-order valence-electron chi connectivity index (χ0n) is 22.7. The summed E-state index contributed by atoms with van der Waals surface area (Å²) in [5.41, 5.74) is 4.02. The number of H-pyrrole nitrogens is 1. The maximum Gasteiger partial charge on any atom is 0.252 e. The zero-order chi connectivity index (χ0) is 26.5. The van der Waals surface area contributed by atoms with E-state index >= 15 is 0 Å². The largest absolute Gasteiger partial charge is 0.494 e. The predicted molar refractivity (Wildman–Crippen MR) is 149 cm³/mol. The van der Waals surface area contributed by atoms with Gasteiger partial charge in [0.15, 0.2) is 5.82 Å². The highest BCUT2D eigenvalue weighted by Crippen LogP contribution is 2.33. The summed E-state index contributed by atoms with van der Waals surface area (Å²) in [5.74, 6) is 1.70. The molecule has 2 aromatic heterocycles. The lowest BCUT2D eigenvalue weighted by Crippen LogP contribution is -2.34. The molecule has 1 fully saturated rings. The highest BCUT2D eigenvalue weighted by atomic mass is 16.5. The number of nitrogens with zero attached hydrogens (tertiary/aromatic N) is 5. The molecule has 1 unspecified atom stereocenters. The average Bonchev–Trinajstić information content (AvgIpc) is 3.61. The summed E-state index contributed by atoms with van der Waals surface area (Å²) >= 11 is 0. The summed E-state index contributed by atoms with van der Waals surface area (Å²) in [6.07, 6.45) is 6.39. The maximum absolute atomic E-state index is 13.2. The van der Waals surface area contributed by atoms with Crippen LogP contribution in [0.1, 0.15) is 80.6 Å². The molecule has 0 amide bonds. The van der Waals surface area contributed by atoms with Crippen molar-refractivity contribution in [3.05, 3.63) is 81.4 Å². The van der Waals surface area contributed by atoms with Gasteiger partial charge in [0.1, 0.15) is 5.75 Å². The molecule has 5 rings (SSSR count). The fourth-order valence-corrected chi connectivity index (χ4v) is 5.74. The normalized spacial score (nSPS) is 14.9. The molecule has 4 aromatic rings.